The van der Waals surface area contributed by atoms with Gasteiger partial charge in [-0.1, -0.05) is 0 Å². The Hall–Kier alpha value is -1.34. The van der Waals surface area contributed by atoms with Crippen LogP contribution in [-0.2, 0) is 4.79 Å². The lowest BCUT2D eigenvalue weighted by atomic mass is 10.1. The van der Waals surface area contributed by atoms with Gasteiger partial charge in [0.15, 0.2) is 0 Å². The highest BCUT2D eigenvalue weighted by molar-refractivity contribution is 9.10. The lowest BCUT2D eigenvalue weighted by Crippen LogP contribution is -2.24. The predicted molar refractivity (Wildman–Crippen MR) is 63.4 cm³/mol. The normalized spacial score (nSPS) is 19.9. The first-order chi connectivity index (χ1) is 7.61. The number of carbonyl (C=O) groups is 1. The number of carbonyl (C=O) groups excluding carboxylic acids is 1. The summed E-state index contributed by atoms with van der Waals surface area (Å²) in [4.78, 5) is 13.3. The standard InChI is InChI=1S/C12H9BrFNO/c1-2-8-5-12(16)15(7-8)9-3-4-11(14)10(13)6-9/h1,3-4,6,8H,5,7H2. The summed E-state index contributed by atoms with van der Waals surface area (Å²) in [5.41, 5.74) is 0.677. The van der Waals surface area contributed by atoms with Crippen LogP contribution in [0.4, 0.5) is 10.1 Å². The molecule has 0 bridgehead atoms. The minimum absolute atomic E-state index is 0.0125. The number of terminal acetylenes is 1. The summed E-state index contributed by atoms with van der Waals surface area (Å²) in [5.74, 6) is 2.17. The van der Waals surface area contributed by atoms with E-state index in [1.165, 1.54) is 6.07 Å². The Kier molecular flexibility index (Phi) is 2.97. The number of halogens is 2. The molecule has 4 heteroatoms. The molecule has 2 nitrogen and oxygen atoms in total. The van der Waals surface area contributed by atoms with E-state index in [-0.39, 0.29) is 17.6 Å². The third-order valence-electron chi connectivity index (χ3n) is 2.58. The van der Waals surface area contributed by atoms with E-state index in [1.54, 1.807) is 17.0 Å². The second-order valence-electron chi connectivity index (χ2n) is 3.67. The van der Waals surface area contributed by atoms with E-state index >= 15 is 0 Å². The number of benzene rings is 1. The van der Waals surface area contributed by atoms with Crippen LogP contribution in [0.3, 0.4) is 0 Å². The highest BCUT2D eigenvalue weighted by Crippen LogP contribution is 2.28. The van der Waals surface area contributed by atoms with E-state index in [9.17, 15) is 9.18 Å². The molecule has 82 valence electrons. The quantitative estimate of drug-likeness (QED) is 0.725. The number of amides is 1. The first-order valence-corrected chi connectivity index (χ1v) is 5.62. The Balaban J connectivity index is 2.29. The molecule has 1 aliphatic rings. The van der Waals surface area contributed by atoms with Crippen molar-refractivity contribution in [2.24, 2.45) is 5.92 Å². The van der Waals surface area contributed by atoms with Crippen molar-refractivity contribution in [1.29, 1.82) is 0 Å². The SMILES string of the molecule is C#CC1CC(=O)N(c2ccc(F)c(Br)c2)C1. The summed E-state index contributed by atoms with van der Waals surface area (Å²) in [5, 5.41) is 0. The van der Waals surface area contributed by atoms with Gasteiger partial charge in [-0.15, -0.1) is 12.3 Å². The molecule has 1 heterocycles. The minimum atomic E-state index is -0.344. The van der Waals surface area contributed by atoms with Crippen molar-refractivity contribution in [2.45, 2.75) is 6.42 Å². The van der Waals surface area contributed by atoms with Crippen LogP contribution in [0.5, 0.6) is 0 Å². The molecule has 0 aromatic heterocycles. The number of rotatable bonds is 1. The topological polar surface area (TPSA) is 20.3 Å². The van der Waals surface area contributed by atoms with E-state index in [1.807, 2.05) is 0 Å². The van der Waals surface area contributed by atoms with E-state index < -0.39 is 0 Å². The van der Waals surface area contributed by atoms with Gasteiger partial charge in [-0.3, -0.25) is 4.79 Å². The van der Waals surface area contributed by atoms with Gasteiger partial charge in [-0.05, 0) is 34.1 Å². The molecule has 1 unspecified atom stereocenters. The maximum absolute atomic E-state index is 13.0. The summed E-state index contributed by atoms with van der Waals surface area (Å²) < 4.78 is 13.4. The van der Waals surface area contributed by atoms with Crippen LogP contribution in [0.1, 0.15) is 6.42 Å². The molecule has 0 aliphatic carbocycles. The summed E-state index contributed by atoms with van der Waals surface area (Å²) in [6.45, 7) is 0.507. The summed E-state index contributed by atoms with van der Waals surface area (Å²) in [7, 11) is 0. The van der Waals surface area contributed by atoms with Crippen LogP contribution in [0.15, 0.2) is 22.7 Å². The summed E-state index contributed by atoms with van der Waals surface area (Å²) >= 11 is 3.09. The molecule has 0 N–H and O–H groups in total. The Morgan fingerprint density at radius 1 is 1.56 bits per heavy atom. The molecule has 0 spiro atoms. The summed E-state index contributed by atoms with van der Waals surface area (Å²) in [6, 6.07) is 4.50. The Morgan fingerprint density at radius 2 is 2.31 bits per heavy atom. The van der Waals surface area contributed by atoms with Crippen LogP contribution >= 0.6 is 15.9 Å². The molecule has 1 atom stereocenters. The van der Waals surface area contributed by atoms with E-state index in [4.69, 9.17) is 6.42 Å². The van der Waals surface area contributed by atoms with E-state index in [0.29, 0.717) is 23.1 Å². The predicted octanol–water partition coefficient (Wildman–Crippen LogP) is 2.57. The summed E-state index contributed by atoms with van der Waals surface area (Å²) in [6.07, 6.45) is 5.66. The third kappa shape index (κ3) is 1.96. The van der Waals surface area contributed by atoms with Gasteiger partial charge in [-0.25, -0.2) is 4.39 Å². The van der Waals surface area contributed by atoms with Crippen molar-refractivity contribution in [3.05, 3.63) is 28.5 Å². The lowest BCUT2D eigenvalue weighted by Gasteiger charge is -2.16. The van der Waals surface area contributed by atoms with E-state index in [0.717, 1.165) is 0 Å². The molecule has 1 fully saturated rings. The van der Waals surface area contributed by atoms with Crippen molar-refractivity contribution in [1.82, 2.24) is 0 Å². The average Bonchev–Trinajstić information content (AvgIpc) is 2.64. The largest absolute Gasteiger partial charge is 0.311 e. The van der Waals surface area contributed by atoms with Crippen molar-refractivity contribution in [3.8, 4) is 12.3 Å². The lowest BCUT2D eigenvalue weighted by molar-refractivity contribution is -0.117. The number of hydrogen-bond donors (Lipinski definition) is 0. The van der Waals surface area contributed by atoms with Crippen molar-refractivity contribution in [2.75, 3.05) is 11.4 Å². The van der Waals surface area contributed by atoms with Crippen LogP contribution < -0.4 is 4.90 Å². The van der Waals surface area contributed by atoms with E-state index in [2.05, 4.69) is 21.9 Å². The highest BCUT2D eigenvalue weighted by Gasteiger charge is 2.29. The molecule has 1 aromatic rings. The number of anilines is 1. The molecule has 1 amide bonds. The van der Waals surface area contributed by atoms with Crippen molar-refractivity contribution < 1.29 is 9.18 Å². The van der Waals surface area contributed by atoms with Gasteiger partial charge >= 0.3 is 0 Å². The Morgan fingerprint density at radius 3 is 2.88 bits per heavy atom. The molecule has 16 heavy (non-hydrogen) atoms. The fourth-order valence-electron chi connectivity index (χ4n) is 1.72. The molecular formula is C12H9BrFNO. The van der Waals surface area contributed by atoms with Gasteiger partial charge in [0.2, 0.25) is 5.91 Å². The molecule has 0 radical (unpaired) electrons. The fourth-order valence-corrected chi connectivity index (χ4v) is 2.09. The molecule has 1 aliphatic heterocycles. The molecule has 0 saturated carbocycles. The molecule has 1 aromatic carbocycles. The van der Waals surface area contributed by atoms with Gasteiger partial charge < -0.3 is 4.90 Å². The fraction of sp³-hybridized carbons (Fsp3) is 0.250. The average molecular weight is 282 g/mol. The zero-order valence-corrected chi connectivity index (χ0v) is 10.00. The minimum Gasteiger partial charge on any atom is -0.311 e. The highest BCUT2D eigenvalue weighted by atomic mass is 79.9. The van der Waals surface area contributed by atoms with Crippen LogP contribution in [0, 0.1) is 24.1 Å². The number of nitrogens with zero attached hydrogens (tertiary/aromatic N) is 1. The van der Waals surface area contributed by atoms with Gasteiger partial charge in [0.1, 0.15) is 5.82 Å². The van der Waals surface area contributed by atoms with Crippen LogP contribution in [-0.4, -0.2) is 12.5 Å². The van der Waals surface area contributed by atoms with Crippen molar-refractivity contribution >= 4 is 27.5 Å². The smallest absolute Gasteiger partial charge is 0.228 e. The Bertz CT molecular complexity index is 480. The number of hydrogen-bond acceptors (Lipinski definition) is 1. The van der Waals surface area contributed by atoms with Gasteiger partial charge in [-0.2, -0.15) is 0 Å². The van der Waals surface area contributed by atoms with Gasteiger partial charge in [0.25, 0.3) is 0 Å². The second-order valence-corrected chi connectivity index (χ2v) is 4.52. The van der Waals surface area contributed by atoms with Crippen LogP contribution in [0.2, 0.25) is 0 Å². The molecule has 2 rings (SSSR count). The Labute approximate surface area is 102 Å². The zero-order chi connectivity index (χ0) is 11.7. The van der Waals surface area contributed by atoms with Gasteiger partial charge in [0.05, 0.1) is 4.47 Å². The second kappa shape index (κ2) is 4.26. The maximum Gasteiger partial charge on any atom is 0.228 e. The third-order valence-corrected chi connectivity index (χ3v) is 3.18. The monoisotopic (exact) mass is 281 g/mol. The molecular weight excluding hydrogens is 273 g/mol. The first-order valence-electron chi connectivity index (χ1n) is 4.83. The van der Waals surface area contributed by atoms with Gasteiger partial charge in [0, 0.05) is 24.6 Å². The van der Waals surface area contributed by atoms with Crippen LogP contribution in [0.25, 0.3) is 0 Å². The first kappa shape index (κ1) is 11.2. The maximum atomic E-state index is 13.0. The molecule has 1 saturated heterocycles. The zero-order valence-electron chi connectivity index (χ0n) is 8.41. The van der Waals surface area contributed by atoms with Crippen molar-refractivity contribution in [3.63, 3.8) is 0 Å².